The molecule has 76 valence electrons. The highest BCUT2D eigenvalue weighted by Crippen LogP contribution is 2.53. The molecule has 1 fully saturated rings. The first-order valence-corrected chi connectivity index (χ1v) is 5.75. The number of hydrogen-bond acceptors (Lipinski definition) is 0. The number of halogens is 3. The average Bonchev–Trinajstić information content (AvgIpc) is 2.98. The van der Waals surface area contributed by atoms with Gasteiger partial charge in [-0.25, -0.2) is 8.78 Å². The lowest BCUT2D eigenvalue weighted by molar-refractivity contribution is 0.101. The highest BCUT2D eigenvalue weighted by molar-refractivity contribution is 9.08. The van der Waals surface area contributed by atoms with Crippen LogP contribution in [0.25, 0.3) is 0 Å². The van der Waals surface area contributed by atoms with E-state index >= 15 is 0 Å². The Morgan fingerprint density at radius 3 is 2.43 bits per heavy atom. The van der Waals surface area contributed by atoms with E-state index < -0.39 is 11.8 Å². The summed E-state index contributed by atoms with van der Waals surface area (Å²) in [6, 6.07) is 7.47. The van der Waals surface area contributed by atoms with Gasteiger partial charge in [0.25, 0.3) is 0 Å². The van der Waals surface area contributed by atoms with E-state index in [-0.39, 0.29) is 0 Å². The van der Waals surface area contributed by atoms with Gasteiger partial charge in [0.05, 0.1) is 5.41 Å². The Hall–Kier alpha value is -0.440. The highest BCUT2D eigenvalue weighted by atomic mass is 79.9. The molecule has 1 aliphatic rings. The molecule has 0 saturated heterocycles. The Labute approximate surface area is 90.4 Å². The maximum absolute atomic E-state index is 12.9. The lowest BCUT2D eigenvalue weighted by Gasteiger charge is -2.17. The minimum absolute atomic E-state index is 0.620. The Morgan fingerprint density at radius 2 is 1.93 bits per heavy atom. The summed E-state index contributed by atoms with van der Waals surface area (Å²) in [6.07, 6.45) is -0.994. The summed E-state index contributed by atoms with van der Waals surface area (Å²) in [5.74, 6) is 0. The molecule has 0 atom stereocenters. The van der Waals surface area contributed by atoms with Crippen LogP contribution in [-0.2, 0) is 10.7 Å². The average molecular weight is 261 g/mol. The van der Waals surface area contributed by atoms with Crippen molar-refractivity contribution in [2.75, 3.05) is 0 Å². The van der Waals surface area contributed by atoms with Gasteiger partial charge in [-0.15, -0.1) is 0 Å². The summed E-state index contributed by atoms with van der Waals surface area (Å²) in [5.41, 5.74) is 0.988. The first-order valence-electron chi connectivity index (χ1n) is 4.63. The van der Waals surface area contributed by atoms with Crippen LogP contribution in [-0.4, -0.2) is 6.43 Å². The summed E-state index contributed by atoms with van der Waals surface area (Å²) < 4.78 is 25.7. The van der Waals surface area contributed by atoms with Gasteiger partial charge >= 0.3 is 0 Å². The quantitative estimate of drug-likeness (QED) is 0.724. The molecule has 0 heterocycles. The largest absolute Gasteiger partial charge is 0.248 e. The van der Waals surface area contributed by atoms with Crippen molar-refractivity contribution in [1.29, 1.82) is 0 Å². The maximum Gasteiger partial charge on any atom is 0.248 e. The summed E-state index contributed by atoms with van der Waals surface area (Å²) in [4.78, 5) is 0. The Morgan fingerprint density at radius 1 is 1.29 bits per heavy atom. The second kappa shape index (κ2) is 3.61. The van der Waals surface area contributed by atoms with E-state index in [0.717, 1.165) is 11.1 Å². The van der Waals surface area contributed by atoms with Gasteiger partial charge in [-0.2, -0.15) is 0 Å². The van der Waals surface area contributed by atoms with Crippen molar-refractivity contribution in [3.05, 3.63) is 35.4 Å². The zero-order valence-electron chi connectivity index (χ0n) is 7.64. The zero-order chi connectivity index (χ0) is 10.2. The summed E-state index contributed by atoms with van der Waals surface area (Å²) in [6.45, 7) is 0. The summed E-state index contributed by atoms with van der Waals surface area (Å²) >= 11 is 3.33. The molecule has 0 unspecified atom stereocenters. The molecular formula is C11H11BrF2. The van der Waals surface area contributed by atoms with Crippen LogP contribution in [0.4, 0.5) is 8.78 Å². The first kappa shape index (κ1) is 10.1. The van der Waals surface area contributed by atoms with Crippen LogP contribution in [0.3, 0.4) is 0 Å². The molecule has 1 aliphatic carbocycles. The summed E-state index contributed by atoms with van der Waals surface area (Å²) in [7, 11) is 0. The van der Waals surface area contributed by atoms with Crippen molar-refractivity contribution in [3.8, 4) is 0 Å². The summed E-state index contributed by atoms with van der Waals surface area (Å²) in [5, 5.41) is 0.650. The van der Waals surface area contributed by atoms with Crippen LogP contribution in [0.5, 0.6) is 0 Å². The SMILES string of the molecule is FC(F)C1(c2ccccc2CBr)CC1. The van der Waals surface area contributed by atoms with E-state index in [1.54, 1.807) is 0 Å². The zero-order valence-corrected chi connectivity index (χ0v) is 9.23. The fourth-order valence-corrected chi connectivity index (χ4v) is 2.35. The van der Waals surface area contributed by atoms with Crippen LogP contribution >= 0.6 is 15.9 Å². The van der Waals surface area contributed by atoms with Crippen LogP contribution in [0.1, 0.15) is 24.0 Å². The van der Waals surface area contributed by atoms with Crippen LogP contribution in [0.15, 0.2) is 24.3 Å². The van der Waals surface area contributed by atoms with Crippen molar-refractivity contribution in [2.24, 2.45) is 0 Å². The maximum atomic E-state index is 12.9. The van der Waals surface area contributed by atoms with Crippen LogP contribution in [0, 0.1) is 0 Å². The van der Waals surface area contributed by atoms with Gasteiger partial charge in [0.2, 0.25) is 6.43 Å². The lowest BCUT2D eigenvalue weighted by Crippen LogP contribution is -2.18. The topological polar surface area (TPSA) is 0 Å². The fraction of sp³-hybridized carbons (Fsp3) is 0.455. The molecule has 0 amide bonds. The third-order valence-corrected chi connectivity index (χ3v) is 3.51. The van der Waals surface area contributed by atoms with E-state index in [0.29, 0.717) is 18.2 Å². The van der Waals surface area contributed by atoms with Gasteiger partial charge in [-0.05, 0) is 24.0 Å². The Bertz CT molecular complexity index is 332. The van der Waals surface area contributed by atoms with Crippen molar-refractivity contribution in [2.45, 2.75) is 30.0 Å². The number of benzene rings is 1. The van der Waals surface area contributed by atoms with E-state index in [9.17, 15) is 8.78 Å². The molecule has 1 saturated carbocycles. The molecule has 0 spiro atoms. The lowest BCUT2D eigenvalue weighted by atomic mass is 9.92. The van der Waals surface area contributed by atoms with Crippen LogP contribution < -0.4 is 0 Å². The predicted octanol–water partition coefficient (Wildman–Crippen LogP) is 3.88. The van der Waals surface area contributed by atoms with Crippen molar-refractivity contribution in [1.82, 2.24) is 0 Å². The van der Waals surface area contributed by atoms with Gasteiger partial charge in [0.15, 0.2) is 0 Å². The molecule has 0 aliphatic heterocycles. The number of rotatable bonds is 3. The molecular weight excluding hydrogens is 250 g/mol. The Balaban J connectivity index is 2.41. The molecule has 2 rings (SSSR count). The number of hydrogen-bond donors (Lipinski definition) is 0. The monoisotopic (exact) mass is 260 g/mol. The molecule has 0 nitrogen and oxygen atoms in total. The first-order chi connectivity index (χ1) is 6.70. The fourth-order valence-electron chi connectivity index (χ4n) is 1.86. The molecule has 0 N–H and O–H groups in total. The smallest absolute Gasteiger partial charge is 0.210 e. The molecule has 3 heteroatoms. The standard InChI is InChI=1S/C11H11BrF2/c12-7-8-3-1-2-4-9(8)11(5-6-11)10(13)14/h1-4,10H,5-7H2. The van der Waals surface area contributed by atoms with E-state index in [1.807, 2.05) is 24.3 Å². The van der Waals surface area contributed by atoms with Gasteiger partial charge in [-0.1, -0.05) is 40.2 Å². The molecule has 0 bridgehead atoms. The molecule has 0 aromatic heterocycles. The second-order valence-electron chi connectivity index (χ2n) is 3.75. The van der Waals surface area contributed by atoms with Crippen molar-refractivity contribution in [3.63, 3.8) is 0 Å². The normalized spacial score (nSPS) is 18.6. The molecule has 1 aromatic carbocycles. The molecule has 1 aromatic rings. The van der Waals surface area contributed by atoms with Crippen molar-refractivity contribution >= 4 is 15.9 Å². The molecule has 0 radical (unpaired) electrons. The van der Waals surface area contributed by atoms with Crippen molar-refractivity contribution < 1.29 is 8.78 Å². The third-order valence-electron chi connectivity index (χ3n) is 2.90. The van der Waals surface area contributed by atoms with E-state index in [1.165, 1.54) is 0 Å². The number of alkyl halides is 3. The van der Waals surface area contributed by atoms with Gasteiger partial charge in [-0.3, -0.25) is 0 Å². The Kier molecular flexibility index (Phi) is 2.60. The van der Waals surface area contributed by atoms with Gasteiger partial charge in [0.1, 0.15) is 0 Å². The van der Waals surface area contributed by atoms with Crippen LogP contribution in [0.2, 0.25) is 0 Å². The van der Waals surface area contributed by atoms with E-state index in [2.05, 4.69) is 15.9 Å². The minimum Gasteiger partial charge on any atom is -0.210 e. The predicted molar refractivity (Wildman–Crippen MR) is 56.0 cm³/mol. The minimum atomic E-state index is -2.23. The van der Waals surface area contributed by atoms with Gasteiger partial charge < -0.3 is 0 Å². The molecule has 14 heavy (non-hydrogen) atoms. The van der Waals surface area contributed by atoms with E-state index in [4.69, 9.17) is 0 Å². The third kappa shape index (κ3) is 1.48. The highest BCUT2D eigenvalue weighted by Gasteiger charge is 2.53. The second-order valence-corrected chi connectivity index (χ2v) is 4.31. The van der Waals surface area contributed by atoms with Gasteiger partial charge in [0, 0.05) is 5.33 Å².